The lowest BCUT2D eigenvalue weighted by atomic mass is 9.72. The fraction of sp³-hybridized carbons (Fsp3) is 0.240. The highest BCUT2D eigenvalue weighted by Gasteiger charge is 2.42. The Hall–Kier alpha value is -4.31. The van der Waals surface area contributed by atoms with E-state index in [1.807, 2.05) is 18.2 Å². The summed E-state index contributed by atoms with van der Waals surface area (Å²) in [5.41, 5.74) is 1.04. The van der Waals surface area contributed by atoms with Gasteiger partial charge in [0.05, 0.1) is 10.3 Å². The maximum Gasteiger partial charge on any atom is 0.414 e. The number of nitrogens with zero attached hydrogens (tertiary/aromatic N) is 1. The summed E-state index contributed by atoms with van der Waals surface area (Å²) >= 11 is 0. The van der Waals surface area contributed by atoms with Gasteiger partial charge in [0.15, 0.2) is 0 Å². The number of hydrogen-bond donors (Lipinski definition) is 3. The number of piperidine rings is 1. The average molecular weight is 480 g/mol. The van der Waals surface area contributed by atoms with Crippen LogP contribution in [0.1, 0.15) is 24.0 Å². The van der Waals surface area contributed by atoms with Gasteiger partial charge in [-0.3, -0.25) is 14.9 Å². The second kappa shape index (κ2) is 11.2. The molecule has 0 amide bonds. The number of carboxylic acids is 2. The third-order valence-corrected chi connectivity index (χ3v) is 5.85. The summed E-state index contributed by atoms with van der Waals surface area (Å²) in [4.78, 5) is 41.8. The Labute approximate surface area is 200 Å². The van der Waals surface area contributed by atoms with Crippen molar-refractivity contribution in [3.05, 3.63) is 88.0 Å². The first-order chi connectivity index (χ1) is 16.7. The number of hydrogen-bond acceptors (Lipinski definition) is 7. The van der Waals surface area contributed by atoms with Gasteiger partial charge in [0.2, 0.25) is 0 Å². The van der Waals surface area contributed by atoms with Crippen molar-refractivity contribution in [2.75, 3.05) is 13.1 Å². The summed E-state index contributed by atoms with van der Waals surface area (Å²) in [5, 5.41) is 31.1. The van der Waals surface area contributed by atoms with E-state index in [0.717, 1.165) is 35.0 Å². The smallest absolute Gasteiger partial charge is 0.414 e. The predicted octanol–water partition coefficient (Wildman–Crippen LogP) is 3.27. The van der Waals surface area contributed by atoms with Crippen LogP contribution >= 0.6 is 0 Å². The molecule has 3 aromatic rings. The zero-order valence-corrected chi connectivity index (χ0v) is 18.7. The molecule has 1 saturated heterocycles. The maximum atomic E-state index is 13.2. The fourth-order valence-electron chi connectivity index (χ4n) is 3.95. The summed E-state index contributed by atoms with van der Waals surface area (Å²) in [6.07, 6.45) is 1.34. The number of nitrogens with one attached hydrogen (secondary N) is 1. The number of carboxylic acid groups (broad SMARTS) is 2. The minimum absolute atomic E-state index is 0.0195. The van der Waals surface area contributed by atoms with Crippen LogP contribution in [0, 0.1) is 10.1 Å². The Balaban J connectivity index is 0.000000509. The van der Waals surface area contributed by atoms with Crippen LogP contribution in [0.15, 0.2) is 66.7 Å². The Morgan fingerprint density at radius 1 is 0.914 bits per heavy atom. The second-order valence-corrected chi connectivity index (χ2v) is 8.00. The number of aliphatic carboxylic acids is 2. The minimum atomic E-state index is -1.82. The number of nitro groups is 1. The molecule has 182 valence electrons. The molecule has 3 N–H and O–H groups in total. The van der Waals surface area contributed by atoms with Gasteiger partial charge in [0.1, 0.15) is 6.61 Å². The van der Waals surface area contributed by atoms with Gasteiger partial charge in [-0.05, 0) is 60.0 Å². The number of esters is 1. The molecule has 1 heterocycles. The third kappa shape index (κ3) is 6.18. The van der Waals surface area contributed by atoms with Crippen molar-refractivity contribution >= 4 is 34.4 Å². The number of rotatable bonds is 5. The molecule has 35 heavy (non-hydrogen) atoms. The summed E-state index contributed by atoms with van der Waals surface area (Å²) in [5.74, 6) is -3.89. The molecular formula is C25H24N2O8. The Morgan fingerprint density at radius 3 is 2.09 bits per heavy atom. The third-order valence-electron chi connectivity index (χ3n) is 5.85. The standard InChI is InChI=1S/C23H22N2O4.C2H2O4/c26-22(29-16-17-5-9-21(10-6-17)25(27)28)23(11-13-24-14-12-23)20-8-7-18-3-1-2-4-19(18)15-20;3-1(4)2(5)6/h1-10,15,24H,11-14,16H2;(H,3,4)(H,5,6). The number of fused-ring (bicyclic) bond motifs is 1. The number of non-ortho nitro benzene ring substituents is 1. The van der Waals surface area contributed by atoms with Crippen LogP contribution in [0.25, 0.3) is 10.8 Å². The van der Waals surface area contributed by atoms with Crippen molar-refractivity contribution in [3.8, 4) is 0 Å². The van der Waals surface area contributed by atoms with Crippen LogP contribution in [0.3, 0.4) is 0 Å². The van der Waals surface area contributed by atoms with E-state index in [2.05, 4.69) is 29.6 Å². The minimum Gasteiger partial charge on any atom is -0.473 e. The Bertz CT molecular complexity index is 1220. The van der Waals surface area contributed by atoms with Crippen molar-refractivity contribution in [2.45, 2.75) is 24.9 Å². The van der Waals surface area contributed by atoms with E-state index in [1.54, 1.807) is 12.1 Å². The monoisotopic (exact) mass is 480 g/mol. The fourth-order valence-corrected chi connectivity index (χ4v) is 3.95. The van der Waals surface area contributed by atoms with Crippen molar-refractivity contribution in [1.29, 1.82) is 0 Å². The quantitative estimate of drug-likeness (QED) is 0.216. The molecule has 0 radical (unpaired) electrons. The molecule has 1 fully saturated rings. The van der Waals surface area contributed by atoms with Crippen molar-refractivity contribution in [1.82, 2.24) is 5.32 Å². The number of carbonyl (C=O) groups excluding carboxylic acids is 1. The zero-order valence-electron chi connectivity index (χ0n) is 18.7. The van der Waals surface area contributed by atoms with Gasteiger partial charge in [-0.2, -0.15) is 0 Å². The largest absolute Gasteiger partial charge is 0.473 e. The van der Waals surface area contributed by atoms with Crippen LogP contribution in [-0.4, -0.2) is 46.1 Å². The molecule has 0 unspecified atom stereocenters. The molecule has 1 aliphatic rings. The first-order valence-corrected chi connectivity index (χ1v) is 10.8. The van der Waals surface area contributed by atoms with E-state index >= 15 is 0 Å². The van der Waals surface area contributed by atoms with Crippen LogP contribution < -0.4 is 5.32 Å². The molecule has 0 bridgehead atoms. The molecule has 10 heteroatoms. The van der Waals surface area contributed by atoms with Gasteiger partial charge in [0, 0.05) is 12.1 Å². The SMILES string of the molecule is O=C(O)C(=O)O.O=C(OCc1ccc([N+](=O)[O-])cc1)C1(c2ccc3ccccc3c2)CCNCC1. The van der Waals surface area contributed by atoms with Gasteiger partial charge >= 0.3 is 17.9 Å². The molecule has 10 nitrogen and oxygen atoms in total. The van der Waals surface area contributed by atoms with Crippen molar-refractivity contribution in [2.24, 2.45) is 0 Å². The maximum absolute atomic E-state index is 13.2. The van der Waals surface area contributed by atoms with E-state index in [1.165, 1.54) is 12.1 Å². The summed E-state index contributed by atoms with van der Waals surface area (Å²) in [6, 6.07) is 20.4. The summed E-state index contributed by atoms with van der Waals surface area (Å²) in [7, 11) is 0. The average Bonchev–Trinajstić information content (AvgIpc) is 2.88. The molecule has 0 saturated carbocycles. The topological polar surface area (TPSA) is 156 Å². The number of benzene rings is 3. The van der Waals surface area contributed by atoms with Gasteiger partial charge in [-0.25, -0.2) is 9.59 Å². The predicted molar refractivity (Wildman–Crippen MR) is 126 cm³/mol. The molecular weight excluding hydrogens is 456 g/mol. The van der Waals surface area contributed by atoms with Crippen LogP contribution in [0.2, 0.25) is 0 Å². The Kier molecular flexibility index (Phi) is 8.11. The van der Waals surface area contributed by atoms with Gasteiger partial charge in [0.25, 0.3) is 5.69 Å². The molecule has 0 spiro atoms. The lowest BCUT2D eigenvalue weighted by Crippen LogP contribution is -2.46. The van der Waals surface area contributed by atoms with Gasteiger partial charge < -0.3 is 20.3 Å². The lowest BCUT2D eigenvalue weighted by molar-refractivity contribution is -0.384. The van der Waals surface area contributed by atoms with Crippen LogP contribution in [-0.2, 0) is 31.1 Å². The van der Waals surface area contributed by atoms with Crippen molar-refractivity contribution < 1.29 is 34.3 Å². The first kappa shape index (κ1) is 25.3. The van der Waals surface area contributed by atoms with E-state index < -0.39 is 22.3 Å². The highest BCUT2D eigenvalue weighted by atomic mass is 16.6. The Morgan fingerprint density at radius 2 is 1.51 bits per heavy atom. The molecule has 0 aromatic heterocycles. The molecule has 0 atom stereocenters. The first-order valence-electron chi connectivity index (χ1n) is 10.8. The van der Waals surface area contributed by atoms with Crippen molar-refractivity contribution in [3.63, 3.8) is 0 Å². The van der Waals surface area contributed by atoms with Gasteiger partial charge in [-0.1, -0.05) is 42.5 Å². The normalized spacial score (nSPS) is 14.3. The van der Waals surface area contributed by atoms with E-state index in [-0.39, 0.29) is 18.3 Å². The number of ether oxygens (including phenoxy) is 1. The molecule has 1 aliphatic heterocycles. The number of carbonyl (C=O) groups is 3. The van der Waals surface area contributed by atoms with E-state index in [9.17, 15) is 14.9 Å². The summed E-state index contributed by atoms with van der Waals surface area (Å²) in [6.45, 7) is 1.60. The highest BCUT2D eigenvalue weighted by Crippen LogP contribution is 2.36. The molecule has 4 rings (SSSR count). The van der Waals surface area contributed by atoms with Gasteiger partial charge in [-0.15, -0.1) is 0 Å². The van der Waals surface area contributed by atoms with Crippen LogP contribution in [0.5, 0.6) is 0 Å². The highest BCUT2D eigenvalue weighted by molar-refractivity contribution is 6.27. The lowest BCUT2D eigenvalue weighted by Gasteiger charge is -2.36. The molecule has 0 aliphatic carbocycles. The van der Waals surface area contributed by atoms with Crippen LogP contribution in [0.4, 0.5) is 5.69 Å². The molecule has 3 aromatic carbocycles. The van der Waals surface area contributed by atoms with E-state index in [4.69, 9.17) is 24.5 Å². The second-order valence-electron chi connectivity index (χ2n) is 8.00. The summed E-state index contributed by atoms with van der Waals surface area (Å²) < 4.78 is 5.70. The zero-order chi connectivity index (χ0) is 25.4. The van der Waals surface area contributed by atoms with E-state index in [0.29, 0.717) is 12.8 Å². The number of nitro benzene ring substituents is 1.